The zero-order chi connectivity index (χ0) is 8.55. The number of aromatic nitrogens is 1. The molecule has 0 fully saturated rings. The van der Waals surface area contributed by atoms with Gasteiger partial charge in [-0.15, -0.1) is 12.4 Å². The van der Waals surface area contributed by atoms with Gasteiger partial charge in [0, 0.05) is 31.2 Å². The summed E-state index contributed by atoms with van der Waals surface area (Å²) in [6, 6.07) is 8.36. The summed E-state index contributed by atoms with van der Waals surface area (Å²) in [5, 5.41) is 4.45. The third kappa shape index (κ3) is 1.49. The molecule has 0 aliphatic carbocycles. The SMILES string of the molecule is CNc1cn(C)c2ccccc12.Cl. The largest absolute Gasteiger partial charge is 0.386 e. The van der Waals surface area contributed by atoms with Gasteiger partial charge < -0.3 is 9.88 Å². The maximum absolute atomic E-state index is 3.17. The Morgan fingerprint density at radius 1 is 1.23 bits per heavy atom. The summed E-state index contributed by atoms with van der Waals surface area (Å²) < 4.78 is 2.13. The maximum Gasteiger partial charge on any atom is 0.0597 e. The fourth-order valence-corrected chi connectivity index (χ4v) is 1.54. The highest BCUT2D eigenvalue weighted by Crippen LogP contribution is 2.23. The molecular weight excluding hydrogens is 184 g/mol. The van der Waals surface area contributed by atoms with Gasteiger partial charge in [-0.2, -0.15) is 0 Å². The fraction of sp³-hybridized carbons (Fsp3) is 0.200. The molecule has 0 unspecified atom stereocenters. The average molecular weight is 197 g/mol. The summed E-state index contributed by atoms with van der Waals surface area (Å²) >= 11 is 0. The van der Waals surface area contributed by atoms with E-state index in [2.05, 4.69) is 47.4 Å². The molecule has 0 bridgehead atoms. The van der Waals surface area contributed by atoms with Crippen molar-refractivity contribution in [1.29, 1.82) is 0 Å². The molecule has 70 valence electrons. The number of anilines is 1. The summed E-state index contributed by atoms with van der Waals surface area (Å²) in [6.45, 7) is 0. The molecule has 1 aromatic heterocycles. The third-order valence-electron chi connectivity index (χ3n) is 2.17. The summed E-state index contributed by atoms with van der Waals surface area (Å²) in [5.74, 6) is 0. The number of hydrogen-bond acceptors (Lipinski definition) is 1. The molecule has 3 heteroatoms. The van der Waals surface area contributed by atoms with Crippen LogP contribution in [-0.2, 0) is 7.05 Å². The topological polar surface area (TPSA) is 17.0 Å². The smallest absolute Gasteiger partial charge is 0.0597 e. The van der Waals surface area contributed by atoms with Gasteiger partial charge >= 0.3 is 0 Å². The van der Waals surface area contributed by atoms with Gasteiger partial charge in [0.2, 0.25) is 0 Å². The molecule has 1 N–H and O–H groups in total. The van der Waals surface area contributed by atoms with Gasteiger partial charge in [-0.3, -0.25) is 0 Å². The molecule has 0 atom stereocenters. The summed E-state index contributed by atoms with van der Waals surface area (Å²) in [4.78, 5) is 0. The summed E-state index contributed by atoms with van der Waals surface area (Å²) in [5.41, 5.74) is 2.45. The van der Waals surface area contributed by atoms with Gasteiger partial charge in [-0.25, -0.2) is 0 Å². The first-order valence-electron chi connectivity index (χ1n) is 4.05. The predicted molar refractivity (Wildman–Crippen MR) is 59.7 cm³/mol. The number of nitrogens with zero attached hydrogens (tertiary/aromatic N) is 1. The highest BCUT2D eigenvalue weighted by Gasteiger charge is 2.01. The number of hydrogen-bond donors (Lipinski definition) is 1. The molecule has 0 saturated carbocycles. The van der Waals surface area contributed by atoms with Crippen molar-refractivity contribution in [2.75, 3.05) is 12.4 Å². The van der Waals surface area contributed by atoms with Gasteiger partial charge in [-0.05, 0) is 6.07 Å². The van der Waals surface area contributed by atoms with Gasteiger partial charge in [0.25, 0.3) is 0 Å². The van der Waals surface area contributed by atoms with Crippen LogP contribution in [-0.4, -0.2) is 11.6 Å². The van der Waals surface area contributed by atoms with Crippen LogP contribution in [0.25, 0.3) is 10.9 Å². The van der Waals surface area contributed by atoms with E-state index in [-0.39, 0.29) is 12.4 Å². The predicted octanol–water partition coefficient (Wildman–Crippen LogP) is 2.64. The van der Waals surface area contributed by atoms with Crippen molar-refractivity contribution in [2.24, 2.45) is 7.05 Å². The monoisotopic (exact) mass is 196 g/mol. The van der Waals surface area contributed by atoms with Crippen molar-refractivity contribution in [3.05, 3.63) is 30.5 Å². The lowest BCUT2D eigenvalue weighted by Crippen LogP contribution is -1.84. The lowest BCUT2D eigenvalue weighted by Gasteiger charge is -1.94. The van der Waals surface area contributed by atoms with Crippen LogP contribution >= 0.6 is 12.4 Å². The van der Waals surface area contributed by atoms with E-state index in [0.29, 0.717) is 0 Å². The van der Waals surface area contributed by atoms with Crippen molar-refractivity contribution < 1.29 is 0 Å². The molecule has 2 nitrogen and oxygen atoms in total. The standard InChI is InChI=1S/C10H12N2.ClH/c1-11-9-7-12(2)10-6-4-3-5-8(9)10;/h3-7,11H,1-2H3;1H. The molecule has 0 spiro atoms. The molecule has 2 rings (SSSR count). The van der Waals surface area contributed by atoms with E-state index in [1.54, 1.807) is 0 Å². The molecule has 13 heavy (non-hydrogen) atoms. The second kappa shape index (κ2) is 3.71. The molecule has 1 heterocycles. The molecule has 0 aliphatic rings. The highest BCUT2D eigenvalue weighted by atomic mass is 35.5. The molecule has 0 aliphatic heterocycles. The summed E-state index contributed by atoms with van der Waals surface area (Å²) in [7, 11) is 4.00. The maximum atomic E-state index is 3.17. The second-order valence-corrected chi connectivity index (χ2v) is 2.92. The Morgan fingerprint density at radius 2 is 1.92 bits per heavy atom. The van der Waals surface area contributed by atoms with Crippen LogP contribution in [0.2, 0.25) is 0 Å². The van der Waals surface area contributed by atoms with Crippen molar-refractivity contribution in [3.8, 4) is 0 Å². The minimum Gasteiger partial charge on any atom is -0.386 e. The van der Waals surface area contributed by atoms with Gasteiger partial charge in [-0.1, -0.05) is 18.2 Å². The Labute approximate surface area is 84.0 Å². The number of nitrogens with one attached hydrogen (secondary N) is 1. The van der Waals surface area contributed by atoms with Gasteiger partial charge in [0.1, 0.15) is 0 Å². The molecule has 0 amide bonds. The fourth-order valence-electron chi connectivity index (χ4n) is 1.54. The first-order valence-corrected chi connectivity index (χ1v) is 4.05. The number of fused-ring (bicyclic) bond motifs is 1. The molecule has 0 radical (unpaired) electrons. The average Bonchev–Trinajstić information content (AvgIpc) is 2.44. The van der Waals surface area contributed by atoms with E-state index < -0.39 is 0 Å². The van der Waals surface area contributed by atoms with Crippen molar-refractivity contribution in [3.63, 3.8) is 0 Å². The first kappa shape index (κ1) is 9.93. The van der Waals surface area contributed by atoms with E-state index in [4.69, 9.17) is 0 Å². The van der Waals surface area contributed by atoms with E-state index in [1.165, 1.54) is 16.6 Å². The number of aryl methyl sites for hydroxylation is 1. The Morgan fingerprint density at radius 3 is 2.62 bits per heavy atom. The number of halogens is 1. The van der Waals surface area contributed by atoms with E-state index in [1.807, 2.05) is 7.05 Å². The minimum absolute atomic E-state index is 0. The first-order chi connectivity index (χ1) is 5.83. The Hall–Kier alpha value is -1.15. The summed E-state index contributed by atoms with van der Waals surface area (Å²) in [6.07, 6.45) is 2.10. The second-order valence-electron chi connectivity index (χ2n) is 2.92. The number of rotatable bonds is 1. The number of benzene rings is 1. The van der Waals surface area contributed by atoms with Crippen LogP contribution < -0.4 is 5.32 Å². The zero-order valence-corrected chi connectivity index (χ0v) is 8.56. The van der Waals surface area contributed by atoms with Crippen LogP contribution in [0.5, 0.6) is 0 Å². The van der Waals surface area contributed by atoms with Crippen molar-refractivity contribution in [2.45, 2.75) is 0 Å². The third-order valence-corrected chi connectivity index (χ3v) is 2.17. The molecule has 0 saturated heterocycles. The number of para-hydroxylation sites is 1. The van der Waals surface area contributed by atoms with Crippen LogP contribution in [0, 0.1) is 0 Å². The lowest BCUT2D eigenvalue weighted by atomic mass is 10.2. The Bertz CT molecular complexity index is 406. The van der Waals surface area contributed by atoms with Crippen LogP contribution in [0.1, 0.15) is 0 Å². The molecule has 1 aromatic carbocycles. The van der Waals surface area contributed by atoms with Gasteiger partial charge in [0.15, 0.2) is 0 Å². The molecular formula is C10H13ClN2. The van der Waals surface area contributed by atoms with Crippen molar-refractivity contribution >= 4 is 29.0 Å². The van der Waals surface area contributed by atoms with E-state index in [9.17, 15) is 0 Å². The lowest BCUT2D eigenvalue weighted by molar-refractivity contribution is 0.969. The normalized spacial score (nSPS) is 9.69. The molecule has 2 aromatic rings. The Balaban J connectivity index is 0.000000845. The van der Waals surface area contributed by atoms with Crippen molar-refractivity contribution in [1.82, 2.24) is 4.57 Å². The van der Waals surface area contributed by atoms with E-state index >= 15 is 0 Å². The highest BCUT2D eigenvalue weighted by molar-refractivity contribution is 5.92. The van der Waals surface area contributed by atoms with E-state index in [0.717, 1.165) is 0 Å². The van der Waals surface area contributed by atoms with Crippen LogP contribution in [0.3, 0.4) is 0 Å². The Kier molecular flexibility index (Phi) is 2.83. The quantitative estimate of drug-likeness (QED) is 0.742. The van der Waals surface area contributed by atoms with Gasteiger partial charge in [0.05, 0.1) is 5.69 Å². The van der Waals surface area contributed by atoms with Crippen LogP contribution in [0.15, 0.2) is 30.5 Å². The minimum atomic E-state index is 0. The van der Waals surface area contributed by atoms with Crippen LogP contribution in [0.4, 0.5) is 5.69 Å². The zero-order valence-electron chi connectivity index (χ0n) is 7.74.